The number of carbonyl (C=O) groups excluding carboxylic acids is 1. The molecule has 27 heavy (non-hydrogen) atoms. The third-order valence-corrected chi connectivity index (χ3v) is 5.79. The van der Waals surface area contributed by atoms with Crippen LogP contribution in [0, 0.1) is 12.7 Å². The van der Waals surface area contributed by atoms with Gasteiger partial charge in [0.15, 0.2) is 5.82 Å². The Balaban J connectivity index is 2.13. The van der Waals surface area contributed by atoms with Crippen LogP contribution in [0.4, 0.5) is 10.2 Å². The van der Waals surface area contributed by atoms with E-state index < -0.39 is 21.7 Å². The van der Waals surface area contributed by atoms with Crippen molar-refractivity contribution in [2.45, 2.75) is 44.4 Å². The van der Waals surface area contributed by atoms with Gasteiger partial charge in [-0.05, 0) is 37.6 Å². The van der Waals surface area contributed by atoms with Gasteiger partial charge in [-0.15, -0.1) is 0 Å². The third-order valence-electron chi connectivity index (χ3n) is 3.93. The van der Waals surface area contributed by atoms with E-state index in [9.17, 15) is 17.6 Å². The SMILES string of the molecule is CCCCCCN(CC(=O)Nc1cc(C)on1)S(=O)(=O)c1ccc(F)cc1. The molecule has 1 aromatic heterocycles. The minimum absolute atomic E-state index is 0.0514. The molecule has 0 aliphatic heterocycles. The molecule has 0 spiro atoms. The molecular formula is C18H24FN3O4S. The van der Waals surface area contributed by atoms with Gasteiger partial charge >= 0.3 is 0 Å². The number of aromatic nitrogens is 1. The van der Waals surface area contributed by atoms with E-state index in [1.807, 2.05) is 0 Å². The average molecular weight is 397 g/mol. The molecule has 1 amide bonds. The highest BCUT2D eigenvalue weighted by atomic mass is 32.2. The lowest BCUT2D eigenvalue weighted by Crippen LogP contribution is -2.38. The molecule has 0 saturated heterocycles. The summed E-state index contributed by atoms with van der Waals surface area (Å²) < 4.78 is 44.9. The summed E-state index contributed by atoms with van der Waals surface area (Å²) in [7, 11) is -3.93. The number of amides is 1. The zero-order valence-electron chi connectivity index (χ0n) is 15.4. The highest BCUT2D eigenvalue weighted by Gasteiger charge is 2.26. The Kier molecular flexibility index (Phi) is 7.49. The smallest absolute Gasteiger partial charge is 0.243 e. The molecule has 148 valence electrons. The van der Waals surface area contributed by atoms with E-state index in [-0.39, 0.29) is 23.8 Å². The normalized spacial score (nSPS) is 11.7. The molecule has 0 atom stereocenters. The van der Waals surface area contributed by atoms with E-state index in [4.69, 9.17) is 4.52 Å². The van der Waals surface area contributed by atoms with Gasteiger partial charge in [-0.1, -0.05) is 31.3 Å². The van der Waals surface area contributed by atoms with Crippen LogP contribution < -0.4 is 5.32 Å². The van der Waals surface area contributed by atoms with Crippen LogP contribution in [0.15, 0.2) is 39.8 Å². The number of carbonyl (C=O) groups is 1. The summed E-state index contributed by atoms with van der Waals surface area (Å²) in [4.78, 5) is 12.2. The van der Waals surface area contributed by atoms with Crippen LogP contribution in [0.5, 0.6) is 0 Å². The Morgan fingerprint density at radius 2 is 1.93 bits per heavy atom. The monoisotopic (exact) mass is 397 g/mol. The molecule has 0 fully saturated rings. The van der Waals surface area contributed by atoms with Crippen molar-refractivity contribution in [1.82, 2.24) is 9.46 Å². The van der Waals surface area contributed by atoms with E-state index in [1.165, 1.54) is 18.2 Å². The Morgan fingerprint density at radius 3 is 2.52 bits per heavy atom. The van der Waals surface area contributed by atoms with Crippen LogP contribution in [0.1, 0.15) is 38.4 Å². The number of halogens is 1. The van der Waals surface area contributed by atoms with Gasteiger partial charge in [0, 0.05) is 12.6 Å². The van der Waals surface area contributed by atoms with Gasteiger partial charge in [-0.2, -0.15) is 4.31 Å². The molecule has 1 heterocycles. The number of benzene rings is 1. The van der Waals surface area contributed by atoms with E-state index in [2.05, 4.69) is 17.4 Å². The average Bonchev–Trinajstić information content (AvgIpc) is 3.02. The number of hydrogen-bond donors (Lipinski definition) is 1. The van der Waals surface area contributed by atoms with Crippen molar-refractivity contribution in [1.29, 1.82) is 0 Å². The molecule has 2 aromatic rings. The van der Waals surface area contributed by atoms with Gasteiger partial charge in [0.25, 0.3) is 0 Å². The lowest BCUT2D eigenvalue weighted by molar-refractivity contribution is -0.116. The van der Waals surface area contributed by atoms with Crippen molar-refractivity contribution in [3.8, 4) is 0 Å². The van der Waals surface area contributed by atoms with Crippen LogP contribution in [0.3, 0.4) is 0 Å². The largest absolute Gasteiger partial charge is 0.360 e. The van der Waals surface area contributed by atoms with E-state index in [0.29, 0.717) is 12.2 Å². The van der Waals surface area contributed by atoms with Gasteiger partial charge in [-0.25, -0.2) is 12.8 Å². The Bertz CT molecular complexity index is 850. The number of rotatable bonds is 10. The zero-order valence-corrected chi connectivity index (χ0v) is 16.3. The van der Waals surface area contributed by atoms with E-state index in [0.717, 1.165) is 35.7 Å². The highest BCUT2D eigenvalue weighted by molar-refractivity contribution is 7.89. The van der Waals surface area contributed by atoms with E-state index >= 15 is 0 Å². The molecule has 2 rings (SSSR count). The van der Waals surface area contributed by atoms with Crippen LogP contribution in [-0.2, 0) is 14.8 Å². The second-order valence-electron chi connectivity index (χ2n) is 6.22. The predicted molar refractivity (Wildman–Crippen MR) is 99.2 cm³/mol. The number of anilines is 1. The second kappa shape index (κ2) is 9.61. The summed E-state index contributed by atoms with van der Waals surface area (Å²) in [6.45, 7) is 3.57. The first kappa shape index (κ1) is 21.0. The van der Waals surface area contributed by atoms with Gasteiger partial charge in [0.1, 0.15) is 11.6 Å². The lowest BCUT2D eigenvalue weighted by Gasteiger charge is -2.21. The van der Waals surface area contributed by atoms with Gasteiger partial charge in [0.05, 0.1) is 11.4 Å². The fourth-order valence-electron chi connectivity index (χ4n) is 2.52. The first-order valence-electron chi connectivity index (χ1n) is 8.82. The van der Waals surface area contributed by atoms with Gasteiger partial charge in [0.2, 0.25) is 15.9 Å². The molecule has 9 heteroatoms. The maximum Gasteiger partial charge on any atom is 0.243 e. The van der Waals surface area contributed by atoms with Crippen LogP contribution in [0.25, 0.3) is 0 Å². The van der Waals surface area contributed by atoms with Crippen LogP contribution in [0.2, 0.25) is 0 Å². The molecule has 1 aromatic carbocycles. The van der Waals surface area contributed by atoms with Crippen molar-refractivity contribution in [2.24, 2.45) is 0 Å². The zero-order chi connectivity index (χ0) is 19.9. The lowest BCUT2D eigenvalue weighted by atomic mass is 10.2. The maximum atomic E-state index is 13.1. The van der Waals surface area contributed by atoms with Crippen LogP contribution >= 0.6 is 0 Å². The van der Waals surface area contributed by atoms with Crippen molar-refractivity contribution in [3.05, 3.63) is 41.9 Å². The quantitative estimate of drug-likeness (QED) is 0.621. The van der Waals surface area contributed by atoms with Crippen molar-refractivity contribution in [3.63, 3.8) is 0 Å². The predicted octanol–water partition coefficient (Wildman–Crippen LogP) is 3.33. The minimum Gasteiger partial charge on any atom is -0.360 e. The molecule has 0 aliphatic carbocycles. The molecule has 7 nitrogen and oxygen atoms in total. The third kappa shape index (κ3) is 6.14. The van der Waals surface area contributed by atoms with Crippen molar-refractivity contribution < 1.29 is 22.1 Å². The summed E-state index contributed by atoms with van der Waals surface area (Å²) in [6.07, 6.45) is 3.48. The maximum absolute atomic E-state index is 13.1. The number of nitrogens with zero attached hydrogens (tertiary/aromatic N) is 2. The summed E-state index contributed by atoms with van der Waals surface area (Å²) in [6, 6.07) is 6.10. The number of unbranched alkanes of at least 4 members (excludes halogenated alkanes) is 3. The topological polar surface area (TPSA) is 92.5 Å². The van der Waals surface area contributed by atoms with Crippen LogP contribution in [-0.4, -0.2) is 36.9 Å². The minimum atomic E-state index is -3.93. The Hall–Kier alpha value is -2.26. The molecule has 0 unspecified atom stereocenters. The molecule has 0 bridgehead atoms. The first-order chi connectivity index (χ1) is 12.8. The molecule has 1 N–H and O–H groups in total. The Morgan fingerprint density at radius 1 is 1.22 bits per heavy atom. The fraction of sp³-hybridized carbons (Fsp3) is 0.444. The highest BCUT2D eigenvalue weighted by Crippen LogP contribution is 2.18. The van der Waals surface area contributed by atoms with Gasteiger partial charge < -0.3 is 9.84 Å². The summed E-state index contributed by atoms with van der Waals surface area (Å²) in [5, 5.41) is 6.18. The molecular weight excluding hydrogens is 373 g/mol. The second-order valence-corrected chi connectivity index (χ2v) is 8.16. The summed E-state index contributed by atoms with van der Waals surface area (Å²) >= 11 is 0. The van der Waals surface area contributed by atoms with Crippen molar-refractivity contribution in [2.75, 3.05) is 18.4 Å². The molecule has 0 radical (unpaired) electrons. The van der Waals surface area contributed by atoms with E-state index in [1.54, 1.807) is 6.92 Å². The number of sulfonamides is 1. The van der Waals surface area contributed by atoms with Gasteiger partial charge in [-0.3, -0.25) is 4.79 Å². The molecule has 0 aliphatic rings. The Labute approximate surface area is 158 Å². The van der Waals surface area contributed by atoms with Crippen molar-refractivity contribution >= 4 is 21.7 Å². The molecule has 0 saturated carbocycles. The first-order valence-corrected chi connectivity index (χ1v) is 10.3. The fourth-order valence-corrected chi connectivity index (χ4v) is 3.96. The number of nitrogens with one attached hydrogen (secondary N) is 1. The summed E-state index contributed by atoms with van der Waals surface area (Å²) in [5.74, 6) is -0.296. The standard InChI is InChI=1S/C18H24FN3O4S/c1-3-4-5-6-11-22(13-18(23)20-17-12-14(2)26-21-17)27(24,25)16-9-7-15(19)8-10-16/h7-10,12H,3-6,11,13H2,1-2H3,(H,20,21,23). The summed E-state index contributed by atoms with van der Waals surface area (Å²) in [5.41, 5.74) is 0. The number of hydrogen-bond acceptors (Lipinski definition) is 5. The number of aryl methyl sites for hydroxylation is 1.